The molecule has 2 aromatic carbocycles. The van der Waals surface area contributed by atoms with Gasteiger partial charge in [0.25, 0.3) is 5.52 Å². The van der Waals surface area contributed by atoms with E-state index in [1.165, 1.54) is 0 Å². The molecule has 4 aromatic rings. The number of phenols is 2. The Kier molecular flexibility index (Phi) is 3.58. The van der Waals surface area contributed by atoms with E-state index in [2.05, 4.69) is 4.98 Å². The Hall–Kier alpha value is -3.40. The molecule has 0 aliphatic rings. The number of para-hydroxylation sites is 2. The zero-order chi connectivity index (χ0) is 17.4. The number of phenolic OH excluding ortho intramolecular Hbond substituents is 2. The van der Waals surface area contributed by atoms with Crippen molar-refractivity contribution >= 4 is 34.0 Å². The maximum atomic E-state index is 10.1. The lowest BCUT2D eigenvalue weighted by molar-refractivity contribution is -0.646. The van der Waals surface area contributed by atoms with Gasteiger partial charge in [0.1, 0.15) is 18.3 Å². The van der Waals surface area contributed by atoms with Gasteiger partial charge in [-0.15, -0.1) is 0 Å². The van der Waals surface area contributed by atoms with Crippen LogP contribution in [0, 0.1) is 0 Å². The van der Waals surface area contributed by atoms with E-state index >= 15 is 0 Å². The average Bonchev–Trinajstić information content (AvgIpc) is 2.62. The van der Waals surface area contributed by atoms with Crippen molar-refractivity contribution in [3.8, 4) is 11.5 Å². The van der Waals surface area contributed by atoms with Gasteiger partial charge < -0.3 is 10.2 Å². The number of hydrogen-bond acceptors (Lipinski definition) is 3. The minimum atomic E-state index is 0.175. The Morgan fingerprint density at radius 1 is 0.800 bits per heavy atom. The SMILES string of the molecule is C[n+]1c(/C=C/c2ccc3cccc(O)c3n2)ccc2cccc(O)c21. The van der Waals surface area contributed by atoms with Crippen LogP contribution < -0.4 is 4.57 Å². The monoisotopic (exact) mass is 329 g/mol. The molecule has 0 spiro atoms. The number of benzene rings is 2. The number of pyridine rings is 2. The molecule has 0 fully saturated rings. The van der Waals surface area contributed by atoms with Crippen LogP contribution in [0.3, 0.4) is 0 Å². The van der Waals surface area contributed by atoms with Crippen molar-refractivity contribution in [3.63, 3.8) is 0 Å². The molecular formula is C21H17N2O2+. The second-order valence-corrected chi connectivity index (χ2v) is 5.95. The summed E-state index contributed by atoms with van der Waals surface area (Å²) in [5, 5.41) is 22.0. The molecular weight excluding hydrogens is 312 g/mol. The second kappa shape index (κ2) is 5.91. The number of aromatic hydroxyl groups is 2. The molecule has 0 aliphatic carbocycles. The lowest BCUT2D eigenvalue weighted by Gasteiger charge is -2.03. The van der Waals surface area contributed by atoms with Gasteiger partial charge in [-0.2, -0.15) is 4.57 Å². The molecule has 4 nitrogen and oxygen atoms in total. The number of aryl methyl sites for hydroxylation is 1. The fourth-order valence-electron chi connectivity index (χ4n) is 3.04. The molecule has 0 saturated carbocycles. The van der Waals surface area contributed by atoms with Crippen LogP contribution in [-0.4, -0.2) is 15.2 Å². The van der Waals surface area contributed by atoms with E-state index in [1.54, 1.807) is 18.2 Å². The molecule has 0 saturated heterocycles. The molecule has 0 aliphatic heterocycles. The Morgan fingerprint density at radius 2 is 1.52 bits per heavy atom. The van der Waals surface area contributed by atoms with Crippen LogP contribution in [0.2, 0.25) is 0 Å². The summed E-state index contributed by atoms with van der Waals surface area (Å²) in [5.74, 6) is 0.429. The Morgan fingerprint density at radius 3 is 2.36 bits per heavy atom. The van der Waals surface area contributed by atoms with Crippen LogP contribution in [-0.2, 0) is 7.05 Å². The summed E-state index contributed by atoms with van der Waals surface area (Å²) < 4.78 is 1.94. The molecule has 0 unspecified atom stereocenters. The maximum absolute atomic E-state index is 10.1. The molecule has 0 radical (unpaired) electrons. The zero-order valence-corrected chi connectivity index (χ0v) is 13.7. The molecule has 0 amide bonds. The summed E-state index contributed by atoms with van der Waals surface area (Å²) in [4.78, 5) is 4.50. The van der Waals surface area contributed by atoms with Gasteiger partial charge in [0.15, 0.2) is 5.75 Å². The number of nitrogens with zero attached hydrogens (tertiary/aromatic N) is 2. The summed E-state index contributed by atoms with van der Waals surface area (Å²) in [5.41, 5.74) is 3.07. The quantitative estimate of drug-likeness (QED) is 0.550. The molecule has 25 heavy (non-hydrogen) atoms. The predicted octanol–water partition coefficient (Wildman–Crippen LogP) is 3.79. The van der Waals surface area contributed by atoms with E-state index in [1.807, 2.05) is 66.2 Å². The van der Waals surface area contributed by atoms with Gasteiger partial charge in [-0.1, -0.05) is 24.3 Å². The van der Waals surface area contributed by atoms with Crippen molar-refractivity contribution < 1.29 is 14.8 Å². The maximum Gasteiger partial charge on any atom is 0.254 e. The van der Waals surface area contributed by atoms with Gasteiger partial charge in [0.2, 0.25) is 5.69 Å². The third kappa shape index (κ3) is 2.68. The van der Waals surface area contributed by atoms with Crippen molar-refractivity contribution in [3.05, 3.63) is 72.1 Å². The van der Waals surface area contributed by atoms with Crippen LogP contribution in [0.4, 0.5) is 0 Å². The minimum absolute atomic E-state index is 0.175. The highest BCUT2D eigenvalue weighted by atomic mass is 16.3. The van der Waals surface area contributed by atoms with E-state index in [0.717, 1.165) is 27.7 Å². The zero-order valence-electron chi connectivity index (χ0n) is 13.7. The molecule has 4 heteroatoms. The normalized spacial score (nSPS) is 11.6. The van der Waals surface area contributed by atoms with Crippen molar-refractivity contribution in [1.82, 2.24) is 4.98 Å². The first-order valence-electron chi connectivity index (χ1n) is 8.01. The van der Waals surface area contributed by atoms with E-state index in [9.17, 15) is 10.2 Å². The molecule has 2 N–H and O–H groups in total. The van der Waals surface area contributed by atoms with Crippen LogP contribution in [0.5, 0.6) is 11.5 Å². The number of fused-ring (bicyclic) bond motifs is 2. The highest BCUT2D eigenvalue weighted by molar-refractivity contribution is 5.86. The second-order valence-electron chi connectivity index (χ2n) is 5.95. The molecule has 0 bridgehead atoms. The molecule has 4 rings (SSSR count). The lowest BCUT2D eigenvalue weighted by atomic mass is 10.1. The van der Waals surface area contributed by atoms with Gasteiger partial charge >= 0.3 is 0 Å². The van der Waals surface area contributed by atoms with Gasteiger partial charge in [-0.25, -0.2) is 4.98 Å². The highest BCUT2D eigenvalue weighted by Crippen LogP contribution is 2.23. The van der Waals surface area contributed by atoms with Crippen molar-refractivity contribution in [2.45, 2.75) is 0 Å². The minimum Gasteiger partial charge on any atom is -0.506 e. The third-order valence-corrected chi connectivity index (χ3v) is 4.35. The summed E-state index contributed by atoms with van der Waals surface area (Å²) in [7, 11) is 1.92. The van der Waals surface area contributed by atoms with Crippen LogP contribution in [0.1, 0.15) is 11.4 Å². The van der Waals surface area contributed by atoms with Gasteiger partial charge in [0, 0.05) is 17.5 Å². The number of aromatic nitrogens is 2. The fraction of sp³-hybridized carbons (Fsp3) is 0.0476. The summed E-state index contributed by atoms with van der Waals surface area (Å²) in [6.45, 7) is 0. The van der Waals surface area contributed by atoms with Gasteiger partial charge in [-0.3, -0.25) is 0 Å². The lowest BCUT2D eigenvalue weighted by Crippen LogP contribution is -2.32. The summed E-state index contributed by atoms with van der Waals surface area (Å²) >= 11 is 0. The number of hydrogen-bond donors (Lipinski definition) is 2. The predicted molar refractivity (Wildman–Crippen MR) is 99.1 cm³/mol. The van der Waals surface area contributed by atoms with E-state index < -0.39 is 0 Å². The fourth-order valence-corrected chi connectivity index (χ4v) is 3.04. The highest BCUT2D eigenvalue weighted by Gasteiger charge is 2.13. The van der Waals surface area contributed by atoms with Crippen LogP contribution in [0.15, 0.2) is 60.7 Å². The molecule has 122 valence electrons. The van der Waals surface area contributed by atoms with Crippen molar-refractivity contribution in [1.29, 1.82) is 0 Å². The van der Waals surface area contributed by atoms with Crippen LogP contribution in [0.25, 0.3) is 34.0 Å². The van der Waals surface area contributed by atoms with E-state index in [4.69, 9.17) is 0 Å². The smallest absolute Gasteiger partial charge is 0.254 e. The largest absolute Gasteiger partial charge is 0.506 e. The van der Waals surface area contributed by atoms with Crippen molar-refractivity contribution in [2.24, 2.45) is 7.05 Å². The van der Waals surface area contributed by atoms with Crippen LogP contribution >= 0.6 is 0 Å². The summed E-state index contributed by atoms with van der Waals surface area (Å²) in [6, 6.07) is 18.7. The first-order valence-corrected chi connectivity index (χ1v) is 8.01. The number of rotatable bonds is 2. The summed E-state index contributed by atoms with van der Waals surface area (Å²) in [6.07, 6.45) is 3.84. The first kappa shape index (κ1) is 15.1. The topological polar surface area (TPSA) is 57.2 Å². The Labute approximate surface area is 144 Å². The molecule has 2 aromatic heterocycles. The molecule has 2 heterocycles. The first-order chi connectivity index (χ1) is 12.1. The Balaban J connectivity index is 1.77. The van der Waals surface area contributed by atoms with E-state index in [-0.39, 0.29) is 11.5 Å². The standard InChI is InChI=1S/C21H16N2O2/c1-23-17(12-9-15-5-3-7-19(25)21(15)23)13-11-16-10-8-14-4-2-6-18(24)20(14)22-16/h2-13,25H,1H3/p+1. The Bertz CT molecular complexity index is 1130. The van der Waals surface area contributed by atoms with Crippen molar-refractivity contribution in [2.75, 3.05) is 0 Å². The molecule has 0 atom stereocenters. The van der Waals surface area contributed by atoms with E-state index in [0.29, 0.717) is 5.52 Å². The van der Waals surface area contributed by atoms with Gasteiger partial charge in [0.05, 0.1) is 11.1 Å². The average molecular weight is 329 g/mol. The van der Waals surface area contributed by atoms with Gasteiger partial charge in [-0.05, 0) is 36.4 Å². The third-order valence-electron chi connectivity index (χ3n) is 4.35.